The van der Waals surface area contributed by atoms with E-state index in [9.17, 15) is 9.36 Å². The number of rotatable bonds is 2. The minimum atomic E-state index is -3.20. The monoisotopic (exact) mass is 161 g/mol. The molecule has 0 radical (unpaired) electrons. The summed E-state index contributed by atoms with van der Waals surface area (Å²) in [6, 6.07) is 0. The molecule has 0 aromatic rings. The van der Waals surface area contributed by atoms with Crippen LogP contribution in [0.25, 0.3) is 0 Å². The van der Waals surface area contributed by atoms with Gasteiger partial charge < -0.3 is 10.6 Å². The van der Waals surface area contributed by atoms with Gasteiger partial charge in [0.05, 0.1) is 0 Å². The molecule has 0 saturated carbocycles. The maximum atomic E-state index is 10.3. The molecule has 3 N–H and O–H groups in total. The number of primary amides is 1. The molecule has 4 nitrogen and oxygen atoms in total. The fourth-order valence-corrected chi connectivity index (χ4v) is 0.867. The third kappa shape index (κ3) is 12.0. The van der Waals surface area contributed by atoms with Crippen molar-refractivity contribution >= 4 is 42.8 Å². The number of carbonyl (C=O) groups is 1. The van der Waals surface area contributed by atoms with Crippen molar-refractivity contribution in [2.45, 2.75) is 0 Å². The summed E-state index contributed by atoms with van der Waals surface area (Å²) < 4.78 is 10.3. The molecule has 0 rings (SSSR count). The molecule has 0 aromatic carbocycles. The first-order valence-electron chi connectivity index (χ1n) is 1.99. The normalized spacial score (nSPS) is 15.3. The van der Waals surface area contributed by atoms with Crippen LogP contribution in [0.3, 0.4) is 0 Å². The van der Waals surface area contributed by atoms with Gasteiger partial charge in [-0.1, -0.05) is 0 Å². The van der Waals surface area contributed by atoms with Gasteiger partial charge in [0.15, 0.2) is 0 Å². The molecule has 0 heterocycles. The quantitative estimate of drug-likeness (QED) is 0.391. The maximum absolute atomic E-state index is 10.3. The summed E-state index contributed by atoms with van der Waals surface area (Å²) in [6.07, 6.45) is -0.424. The Labute approximate surface area is 75.6 Å². The molecule has 9 heavy (non-hydrogen) atoms. The van der Waals surface area contributed by atoms with Crippen LogP contribution in [0.15, 0.2) is 0 Å². The van der Waals surface area contributed by atoms with Crippen molar-refractivity contribution in [3.8, 4) is 0 Å². The zero-order valence-electron chi connectivity index (χ0n) is 4.50. The summed E-state index contributed by atoms with van der Waals surface area (Å²) >= 11 is 0. The van der Waals surface area contributed by atoms with Crippen LogP contribution in [0.2, 0.25) is 0 Å². The second kappa shape index (κ2) is 4.47. The van der Waals surface area contributed by atoms with Gasteiger partial charge >= 0.3 is 29.6 Å². The van der Waals surface area contributed by atoms with Crippen LogP contribution in [0.5, 0.6) is 0 Å². The van der Waals surface area contributed by atoms with Crippen molar-refractivity contribution in [3.63, 3.8) is 0 Å². The molecule has 1 atom stereocenters. The molecule has 0 fully saturated rings. The van der Waals surface area contributed by atoms with Crippen molar-refractivity contribution in [1.82, 2.24) is 0 Å². The van der Waals surface area contributed by atoms with Gasteiger partial charge in [-0.3, -0.25) is 9.36 Å². The van der Waals surface area contributed by atoms with Gasteiger partial charge in [-0.25, -0.2) is 0 Å². The van der Waals surface area contributed by atoms with Gasteiger partial charge in [-0.15, -0.1) is 0 Å². The van der Waals surface area contributed by atoms with Gasteiger partial charge in [-0.2, -0.15) is 0 Å². The number of carbonyl (C=O) groups excluding carboxylic acids is 1. The Hall–Kier alpha value is 0.660. The van der Waals surface area contributed by atoms with E-state index in [4.69, 9.17) is 4.89 Å². The van der Waals surface area contributed by atoms with E-state index in [1.54, 1.807) is 0 Å². The first-order chi connectivity index (χ1) is 3.42. The molecule has 0 aliphatic heterocycles. The van der Waals surface area contributed by atoms with Crippen molar-refractivity contribution in [2.24, 2.45) is 5.73 Å². The average Bonchev–Trinajstić information content (AvgIpc) is 1.21. The summed E-state index contributed by atoms with van der Waals surface area (Å²) in [7, 11) is -3.20. The molecule has 0 saturated heterocycles. The summed E-state index contributed by atoms with van der Waals surface area (Å²) in [5.41, 5.74) is 4.61. The second-order valence-corrected chi connectivity index (χ2v) is 4.09. The van der Waals surface area contributed by atoms with E-state index in [2.05, 4.69) is 5.73 Å². The molecular formula is C3H9NNaO3P. The van der Waals surface area contributed by atoms with Gasteiger partial charge in [0, 0.05) is 6.66 Å². The molecule has 1 unspecified atom stereocenters. The van der Waals surface area contributed by atoms with E-state index < -0.39 is 19.4 Å². The first kappa shape index (κ1) is 12.3. The van der Waals surface area contributed by atoms with E-state index in [-0.39, 0.29) is 29.6 Å². The van der Waals surface area contributed by atoms with Crippen molar-refractivity contribution in [1.29, 1.82) is 0 Å². The van der Waals surface area contributed by atoms with E-state index >= 15 is 0 Å². The molecule has 0 aliphatic rings. The minimum absolute atomic E-state index is 0. The predicted octanol–water partition coefficient (Wildman–Crippen LogP) is -1.28. The van der Waals surface area contributed by atoms with Crippen LogP contribution < -0.4 is 5.73 Å². The van der Waals surface area contributed by atoms with Crippen LogP contribution in [-0.2, 0) is 9.36 Å². The van der Waals surface area contributed by atoms with Crippen LogP contribution in [0.4, 0.5) is 0 Å². The van der Waals surface area contributed by atoms with Gasteiger partial charge in [-0.05, 0) is 0 Å². The summed E-state index contributed by atoms with van der Waals surface area (Å²) in [6.45, 7) is 1.10. The van der Waals surface area contributed by atoms with Crippen molar-refractivity contribution in [3.05, 3.63) is 0 Å². The third-order valence-corrected chi connectivity index (χ3v) is 1.35. The summed E-state index contributed by atoms with van der Waals surface area (Å²) in [5.74, 6) is -0.738. The molecule has 50 valence electrons. The van der Waals surface area contributed by atoms with Gasteiger partial charge in [0.1, 0.15) is 6.16 Å². The topological polar surface area (TPSA) is 80.4 Å². The molecule has 0 spiro atoms. The summed E-state index contributed by atoms with van der Waals surface area (Å²) in [5, 5.41) is 0. The van der Waals surface area contributed by atoms with Gasteiger partial charge in [0.2, 0.25) is 13.3 Å². The molecular weight excluding hydrogens is 152 g/mol. The number of amides is 1. The Morgan fingerprint density at radius 1 is 1.78 bits per heavy atom. The Morgan fingerprint density at radius 2 is 2.11 bits per heavy atom. The molecule has 0 bridgehead atoms. The van der Waals surface area contributed by atoms with E-state index in [0.29, 0.717) is 0 Å². The molecule has 0 aromatic heterocycles. The Bertz CT molecular complexity index is 142. The van der Waals surface area contributed by atoms with E-state index in [1.165, 1.54) is 0 Å². The van der Waals surface area contributed by atoms with Crippen LogP contribution >= 0.6 is 7.37 Å². The number of nitrogens with two attached hydrogens (primary N) is 1. The van der Waals surface area contributed by atoms with Crippen molar-refractivity contribution in [2.75, 3.05) is 12.8 Å². The predicted molar refractivity (Wildman–Crippen MR) is 37.0 cm³/mol. The Balaban J connectivity index is 0. The first-order valence-corrected chi connectivity index (χ1v) is 4.28. The van der Waals surface area contributed by atoms with Crippen molar-refractivity contribution < 1.29 is 14.3 Å². The molecule has 1 amide bonds. The number of hydrogen-bond donors (Lipinski definition) is 2. The zero-order chi connectivity index (χ0) is 6.78. The number of hydrogen-bond acceptors (Lipinski definition) is 2. The van der Waals surface area contributed by atoms with E-state index in [0.717, 1.165) is 6.66 Å². The Morgan fingerprint density at radius 3 is 2.11 bits per heavy atom. The summed E-state index contributed by atoms with van der Waals surface area (Å²) in [4.78, 5) is 18.3. The SMILES string of the molecule is CP(=O)(O)CC(N)=O.[NaH]. The Kier molecular flexibility index (Phi) is 6.13. The fraction of sp³-hybridized carbons (Fsp3) is 0.667. The van der Waals surface area contributed by atoms with Crippen LogP contribution in [0.1, 0.15) is 0 Å². The molecule has 0 aliphatic carbocycles. The van der Waals surface area contributed by atoms with Crippen LogP contribution in [-0.4, -0.2) is 53.2 Å². The van der Waals surface area contributed by atoms with Crippen LogP contribution in [0, 0.1) is 0 Å². The third-order valence-electron chi connectivity index (χ3n) is 0.449. The average molecular weight is 161 g/mol. The zero-order valence-corrected chi connectivity index (χ0v) is 5.39. The fourth-order valence-electron chi connectivity index (χ4n) is 0.289. The standard InChI is InChI=1S/C3H8NO3P.Na.H/c1-8(6,7)2-3(4)5;;/h2H2,1H3,(H2,4,5)(H,6,7);;. The second-order valence-electron chi connectivity index (χ2n) is 1.68. The van der Waals surface area contributed by atoms with Gasteiger partial charge in [0.25, 0.3) is 0 Å². The molecule has 6 heteroatoms. The van der Waals surface area contributed by atoms with E-state index in [1.807, 2.05) is 0 Å².